The molecule has 3 heterocycles. The SMILES string of the molecule is CCN1CCN(c2nc(-c3ccc(CCC(C)O)cc3)cc3cccnc23)CC1.Cl.Cl. The van der Waals surface area contributed by atoms with Gasteiger partial charge in [-0.15, -0.1) is 24.8 Å². The first-order valence-electron chi connectivity index (χ1n) is 10.6. The summed E-state index contributed by atoms with van der Waals surface area (Å²) in [5.41, 5.74) is 4.33. The molecule has 1 aliphatic rings. The van der Waals surface area contributed by atoms with Gasteiger partial charge in [-0.25, -0.2) is 4.98 Å². The van der Waals surface area contributed by atoms with Gasteiger partial charge in [0.15, 0.2) is 5.82 Å². The van der Waals surface area contributed by atoms with Gasteiger partial charge in [0.25, 0.3) is 0 Å². The van der Waals surface area contributed by atoms with Crippen molar-refractivity contribution in [2.24, 2.45) is 0 Å². The van der Waals surface area contributed by atoms with E-state index >= 15 is 0 Å². The van der Waals surface area contributed by atoms with E-state index in [-0.39, 0.29) is 30.9 Å². The minimum Gasteiger partial charge on any atom is -0.393 e. The number of aliphatic hydroxyl groups is 1. The average molecular weight is 463 g/mol. The smallest absolute Gasteiger partial charge is 0.155 e. The maximum Gasteiger partial charge on any atom is 0.155 e. The van der Waals surface area contributed by atoms with Gasteiger partial charge in [0.05, 0.1) is 11.8 Å². The topological polar surface area (TPSA) is 52.5 Å². The molecule has 168 valence electrons. The third kappa shape index (κ3) is 6.07. The lowest BCUT2D eigenvalue weighted by Gasteiger charge is -2.35. The number of pyridine rings is 2. The summed E-state index contributed by atoms with van der Waals surface area (Å²) in [6.07, 6.45) is 3.26. The number of fused-ring (bicyclic) bond motifs is 1. The molecule has 3 aromatic rings. The minimum atomic E-state index is -0.264. The number of aryl methyl sites for hydroxylation is 1. The quantitative estimate of drug-likeness (QED) is 0.579. The van der Waals surface area contributed by atoms with E-state index in [2.05, 4.69) is 58.1 Å². The summed E-state index contributed by atoms with van der Waals surface area (Å²) in [6.45, 7) is 9.24. The van der Waals surface area contributed by atoms with Crippen molar-refractivity contribution in [1.82, 2.24) is 14.9 Å². The summed E-state index contributed by atoms with van der Waals surface area (Å²) < 4.78 is 0. The zero-order valence-corrected chi connectivity index (χ0v) is 19.8. The average Bonchev–Trinajstić information content (AvgIpc) is 2.77. The highest BCUT2D eigenvalue weighted by molar-refractivity contribution is 5.91. The summed E-state index contributed by atoms with van der Waals surface area (Å²) in [4.78, 5) is 14.5. The molecule has 0 radical (unpaired) electrons. The fourth-order valence-corrected chi connectivity index (χ4v) is 3.93. The van der Waals surface area contributed by atoms with Crippen LogP contribution in [0.4, 0.5) is 5.82 Å². The standard InChI is InChI=1S/C24H30N4O.2ClH/c1-3-27-13-15-28(16-14-27)24-23-21(5-4-12-25-23)17-22(26-24)20-10-8-19(9-11-20)7-6-18(2)29;;/h4-5,8-12,17-18,29H,3,6-7,13-16H2,1-2H3;2*1H. The number of hydrogen-bond donors (Lipinski definition) is 1. The highest BCUT2D eigenvalue weighted by Crippen LogP contribution is 2.29. The van der Waals surface area contributed by atoms with Crippen molar-refractivity contribution in [3.05, 3.63) is 54.2 Å². The number of rotatable bonds is 6. The summed E-state index contributed by atoms with van der Waals surface area (Å²) >= 11 is 0. The molecule has 0 saturated carbocycles. The van der Waals surface area contributed by atoms with Crippen LogP contribution in [-0.2, 0) is 6.42 Å². The zero-order valence-electron chi connectivity index (χ0n) is 18.2. The van der Waals surface area contributed by atoms with Crippen molar-refractivity contribution < 1.29 is 5.11 Å². The van der Waals surface area contributed by atoms with E-state index in [1.54, 1.807) is 0 Å². The van der Waals surface area contributed by atoms with E-state index in [1.807, 2.05) is 19.2 Å². The van der Waals surface area contributed by atoms with Gasteiger partial charge in [-0.05, 0) is 44.0 Å². The highest BCUT2D eigenvalue weighted by Gasteiger charge is 2.20. The van der Waals surface area contributed by atoms with Crippen LogP contribution in [0.15, 0.2) is 48.7 Å². The molecule has 1 unspecified atom stereocenters. The van der Waals surface area contributed by atoms with Crippen LogP contribution >= 0.6 is 24.8 Å². The minimum absolute atomic E-state index is 0. The number of nitrogens with zero attached hydrogens (tertiary/aromatic N) is 4. The van der Waals surface area contributed by atoms with Crippen LogP contribution in [0.1, 0.15) is 25.8 Å². The molecular formula is C24H32Cl2N4O. The molecule has 1 N–H and O–H groups in total. The third-order valence-corrected chi connectivity index (χ3v) is 5.79. The number of aliphatic hydroxyl groups excluding tert-OH is 1. The first kappa shape index (κ1) is 25.3. The van der Waals surface area contributed by atoms with E-state index < -0.39 is 0 Å². The second-order valence-electron chi connectivity index (χ2n) is 7.91. The van der Waals surface area contributed by atoms with E-state index in [0.717, 1.165) is 73.5 Å². The third-order valence-electron chi connectivity index (χ3n) is 5.79. The molecule has 1 aromatic carbocycles. The van der Waals surface area contributed by atoms with E-state index in [0.29, 0.717) is 0 Å². The summed E-state index contributed by atoms with van der Waals surface area (Å²) in [5, 5.41) is 10.6. The van der Waals surface area contributed by atoms with Crippen molar-refractivity contribution in [1.29, 1.82) is 0 Å². The van der Waals surface area contributed by atoms with Crippen LogP contribution in [0.5, 0.6) is 0 Å². The number of halogens is 2. The van der Waals surface area contributed by atoms with Gasteiger partial charge in [-0.2, -0.15) is 0 Å². The molecule has 1 atom stereocenters. The Hall–Kier alpha value is -1.92. The molecule has 1 aliphatic heterocycles. The molecule has 1 fully saturated rings. The van der Waals surface area contributed by atoms with Crippen molar-refractivity contribution in [3.8, 4) is 11.3 Å². The van der Waals surface area contributed by atoms with E-state index in [9.17, 15) is 5.11 Å². The van der Waals surface area contributed by atoms with Crippen molar-refractivity contribution in [3.63, 3.8) is 0 Å². The van der Waals surface area contributed by atoms with Gasteiger partial charge in [-0.1, -0.05) is 37.3 Å². The summed E-state index contributed by atoms with van der Waals surface area (Å²) in [7, 11) is 0. The lowest BCUT2D eigenvalue weighted by Crippen LogP contribution is -2.46. The monoisotopic (exact) mass is 462 g/mol. The lowest BCUT2D eigenvalue weighted by atomic mass is 10.0. The van der Waals surface area contributed by atoms with Crippen LogP contribution in [0.25, 0.3) is 22.2 Å². The predicted molar refractivity (Wildman–Crippen MR) is 134 cm³/mol. The Morgan fingerprint density at radius 2 is 1.74 bits per heavy atom. The maximum absolute atomic E-state index is 9.51. The number of likely N-dealkylation sites (N-methyl/N-ethyl adjacent to an activating group) is 1. The maximum atomic E-state index is 9.51. The fraction of sp³-hybridized carbons (Fsp3) is 0.417. The number of aromatic nitrogens is 2. The highest BCUT2D eigenvalue weighted by atomic mass is 35.5. The van der Waals surface area contributed by atoms with Crippen LogP contribution in [0.3, 0.4) is 0 Å². The normalized spacial score (nSPS) is 15.3. The Morgan fingerprint density at radius 1 is 1.03 bits per heavy atom. The largest absolute Gasteiger partial charge is 0.393 e. The Balaban J connectivity index is 0.00000171. The Bertz CT molecular complexity index is 957. The van der Waals surface area contributed by atoms with Gasteiger partial charge in [0.1, 0.15) is 5.52 Å². The molecule has 0 aliphatic carbocycles. The lowest BCUT2D eigenvalue weighted by molar-refractivity contribution is 0.185. The molecule has 1 saturated heterocycles. The molecular weight excluding hydrogens is 431 g/mol. The van der Waals surface area contributed by atoms with E-state index in [4.69, 9.17) is 4.98 Å². The van der Waals surface area contributed by atoms with Crippen LogP contribution in [0, 0.1) is 0 Å². The first-order chi connectivity index (χ1) is 14.1. The second kappa shape index (κ2) is 11.6. The first-order valence-corrected chi connectivity index (χ1v) is 10.6. The van der Waals surface area contributed by atoms with Crippen LogP contribution < -0.4 is 4.90 Å². The van der Waals surface area contributed by atoms with Crippen LogP contribution in [-0.4, -0.2) is 58.8 Å². The van der Waals surface area contributed by atoms with Gasteiger partial charge in [0, 0.05) is 43.3 Å². The van der Waals surface area contributed by atoms with Gasteiger partial charge >= 0.3 is 0 Å². The van der Waals surface area contributed by atoms with Crippen LogP contribution in [0.2, 0.25) is 0 Å². The number of benzene rings is 1. The molecule has 0 amide bonds. The molecule has 2 aromatic heterocycles. The van der Waals surface area contributed by atoms with Crippen molar-refractivity contribution in [2.45, 2.75) is 32.8 Å². The number of anilines is 1. The molecule has 0 spiro atoms. The number of piperazine rings is 1. The zero-order chi connectivity index (χ0) is 20.2. The Labute approximate surface area is 197 Å². The van der Waals surface area contributed by atoms with Crippen molar-refractivity contribution in [2.75, 3.05) is 37.6 Å². The van der Waals surface area contributed by atoms with Gasteiger partial charge < -0.3 is 14.9 Å². The fourth-order valence-electron chi connectivity index (χ4n) is 3.93. The molecule has 31 heavy (non-hydrogen) atoms. The molecule has 0 bridgehead atoms. The van der Waals surface area contributed by atoms with E-state index in [1.165, 1.54) is 5.56 Å². The van der Waals surface area contributed by atoms with Crippen molar-refractivity contribution >= 4 is 41.5 Å². The Morgan fingerprint density at radius 3 is 2.39 bits per heavy atom. The number of hydrogen-bond acceptors (Lipinski definition) is 5. The molecule has 7 heteroatoms. The van der Waals surface area contributed by atoms with Gasteiger partial charge in [0.2, 0.25) is 0 Å². The summed E-state index contributed by atoms with van der Waals surface area (Å²) in [6, 6.07) is 14.8. The molecule has 5 nitrogen and oxygen atoms in total. The second-order valence-corrected chi connectivity index (χ2v) is 7.91. The van der Waals surface area contributed by atoms with Gasteiger partial charge in [-0.3, -0.25) is 4.98 Å². The predicted octanol–water partition coefficient (Wildman–Crippen LogP) is 4.60. The molecule has 4 rings (SSSR count). The summed E-state index contributed by atoms with van der Waals surface area (Å²) in [5.74, 6) is 0.993. The Kier molecular flexibility index (Phi) is 9.51.